The van der Waals surface area contributed by atoms with Crippen LogP contribution in [0.4, 0.5) is 0 Å². The maximum atomic E-state index is 13.1. The lowest BCUT2D eigenvalue weighted by molar-refractivity contribution is 0.944. The van der Waals surface area contributed by atoms with E-state index in [4.69, 9.17) is 4.98 Å². The van der Waals surface area contributed by atoms with E-state index < -0.39 is 0 Å². The highest BCUT2D eigenvalue weighted by atomic mass is 16.1. The summed E-state index contributed by atoms with van der Waals surface area (Å²) in [6, 6.07) is 25.5. The highest BCUT2D eigenvalue weighted by molar-refractivity contribution is 5.80. The molecule has 0 N–H and O–H groups in total. The lowest BCUT2D eigenvalue weighted by Crippen LogP contribution is -2.22. The molecule has 3 nitrogen and oxygen atoms in total. The molecule has 0 aliphatic heterocycles. The molecule has 0 saturated carbocycles. The molecule has 3 aromatic carbocycles. The molecule has 0 saturated heterocycles. The van der Waals surface area contributed by atoms with Crippen molar-refractivity contribution in [2.24, 2.45) is 0 Å². The van der Waals surface area contributed by atoms with Crippen LogP contribution in [0.15, 0.2) is 83.7 Å². The maximum Gasteiger partial charge on any atom is 0.266 e. The van der Waals surface area contributed by atoms with Crippen LogP contribution in [0.25, 0.3) is 28.7 Å². The second-order valence-corrected chi connectivity index (χ2v) is 6.39. The third-order valence-corrected chi connectivity index (χ3v) is 4.63. The number of nitrogens with zero attached hydrogens (tertiary/aromatic N) is 2. The van der Waals surface area contributed by atoms with E-state index >= 15 is 0 Å². The summed E-state index contributed by atoms with van der Waals surface area (Å²) in [5.41, 5.74) is 3.83. The molecular formula is C24H20N2O. The monoisotopic (exact) mass is 352 g/mol. The molecule has 27 heavy (non-hydrogen) atoms. The standard InChI is InChI=1S/C24H20N2O/c1-2-18-12-14-19(15-13-18)16-17-23-25-22-11-7-6-10-21(22)24(27)26(23)20-8-4-3-5-9-20/h3-17H,2H2,1H3/b17-16+. The van der Waals surface area contributed by atoms with Crippen LogP contribution >= 0.6 is 0 Å². The van der Waals surface area contributed by atoms with Gasteiger partial charge in [0.15, 0.2) is 0 Å². The van der Waals surface area contributed by atoms with Crippen LogP contribution in [-0.4, -0.2) is 9.55 Å². The number of aryl methyl sites for hydroxylation is 1. The first kappa shape index (κ1) is 17.0. The molecule has 1 aromatic heterocycles. The molecule has 0 bridgehead atoms. The van der Waals surface area contributed by atoms with Gasteiger partial charge in [-0.2, -0.15) is 0 Å². The van der Waals surface area contributed by atoms with Crippen molar-refractivity contribution in [1.82, 2.24) is 9.55 Å². The predicted molar refractivity (Wildman–Crippen MR) is 112 cm³/mol. The minimum absolute atomic E-state index is 0.0622. The number of hydrogen-bond donors (Lipinski definition) is 0. The van der Waals surface area contributed by atoms with Gasteiger partial charge in [0.1, 0.15) is 5.82 Å². The van der Waals surface area contributed by atoms with E-state index in [0.717, 1.165) is 17.7 Å². The van der Waals surface area contributed by atoms with Crippen LogP contribution in [0.1, 0.15) is 23.9 Å². The minimum atomic E-state index is -0.0622. The molecule has 0 aliphatic carbocycles. The van der Waals surface area contributed by atoms with Crippen LogP contribution in [0.3, 0.4) is 0 Å². The zero-order chi connectivity index (χ0) is 18.6. The van der Waals surface area contributed by atoms with Gasteiger partial charge in [0.2, 0.25) is 0 Å². The third-order valence-electron chi connectivity index (χ3n) is 4.63. The molecule has 3 heteroatoms. The van der Waals surface area contributed by atoms with E-state index in [9.17, 15) is 4.79 Å². The van der Waals surface area contributed by atoms with E-state index in [-0.39, 0.29) is 5.56 Å². The fourth-order valence-electron chi connectivity index (χ4n) is 3.12. The molecule has 0 atom stereocenters. The molecule has 0 amide bonds. The van der Waals surface area contributed by atoms with Gasteiger partial charge in [-0.05, 0) is 47.9 Å². The SMILES string of the molecule is CCc1ccc(/C=C/c2nc3ccccc3c(=O)n2-c2ccccc2)cc1. The van der Waals surface area contributed by atoms with Gasteiger partial charge in [0, 0.05) is 0 Å². The summed E-state index contributed by atoms with van der Waals surface area (Å²) in [4.78, 5) is 17.9. The van der Waals surface area contributed by atoms with Gasteiger partial charge in [-0.25, -0.2) is 4.98 Å². The average Bonchev–Trinajstić information content (AvgIpc) is 2.73. The summed E-state index contributed by atoms with van der Waals surface area (Å²) in [6.45, 7) is 2.14. The van der Waals surface area contributed by atoms with E-state index in [1.165, 1.54) is 5.56 Å². The van der Waals surface area contributed by atoms with E-state index in [1.54, 1.807) is 4.57 Å². The summed E-state index contributed by atoms with van der Waals surface area (Å²) in [6.07, 6.45) is 4.92. The van der Waals surface area contributed by atoms with Crippen molar-refractivity contribution in [3.8, 4) is 5.69 Å². The molecule has 0 fully saturated rings. The van der Waals surface area contributed by atoms with Crippen LogP contribution in [0, 0.1) is 0 Å². The second-order valence-electron chi connectivity index (χ2n) is 6.39. The summed E-state index contributed by atoms with van der Waals surface area (Å²) in [5, 5.41) is 0.616. The minimum Gasteiger partial charge on any atom is -0.268 e. The van der Waals surface area contributed by atoms with Crippen molar-refractivity contribution in [3.05, 3.63) is 106 Å². The number of hydrogen-bond acceptors (Lipinski definition) is 2. The van der Waals surface area contributed by atoms with Gasteiger partial charge < -0.3 is 0 Å². The first-order valence-electron chi connectivity index (χ1n) is 9.10. The zero-order valence-electron chi connectivity index (χ0n) is 15.2. The Morgan fingerprint density at radius 1 is 0.852 bits per heavy atom. The lowest BCUT2D eigenvalue weighted by atomic mass is 10.1. The molecule has 0 unspecified atom stereocenters. The number of para-hydroxylation sites is 2. The van der Waals surface area contributed by atoms with Crippen LogP contribution in [-0.2, 0) is 6.42 Å². The van der Waals surface area contributed by atoms with Crippen molar-refractivity contribution < 1.29 is 0 Å². The highest BCUT2D eigenvalue weighted by Gasteiger charge is 2.10. The van der Waals surface area contributed by atoms with E-state index in [2.05, 4.69) is 31.2 Å². The summed E-state index contributed by atoms with van der Waals surface area (Å²) < 4.78 is 1.67. The Bertz CT molecular complexity index is 1160. The van der Waals surface area contributed by atoms with Gasteiger partial charge in [-0.3, -0.25) is 9.36 Å². The molecule has 1 heterocycles. The van der Waals surface area contributed by atoms with Crippen LogP contribution in [0.5, 0.6) is 0 Å². The molecule has 132 valence electrons. The smallest absolute Gasteiger partial charge is 0.266 e. The Morgan fingerprint density at radius 3 is 2.30 bits per heavy atom. The van der Waals surface area contributed by atoms with Crippen LogP contribution < -0.4 is 5.56 Å². The van der Waals surface area contributed by atoms with Gasteiger partial charge in [0.05, 0.1) is 16.6 Å². The molecule has 4 aromatic rings. The Kier molecular flexibility index (Phi) is 4.67. The molecule has 0 radical (unpaired) electrons. The Labute approximate surface area is 158 Å². The number of rotatable bonds is 4. The van der Waals surface area contributed by atoms with Gasteiger partial charge in [0.25, 0.3) is 5.56 Å². The second kappa shape index (κ2) is 7.42. The van der Waals surface area contributed by atoms with Crippen molar-refractivity contribution in [3.63, 3.8) is 0 Å². The number of aromatic nitrogens is 2. The van der Waals surface area contributed by atoms with Gasteiger partial charge >= 0.3 is 0 Å². The van der Waals surface area contributed by atoms with Crippen LogP contribution in [0.2, 0.25) is 0 Å². The Balaban J connectivity index is 1.87. The fourth-order valence-corrected chi connectivity index (χ4v) is 3.12. The van der Waals surface area contributed by atoms with Crippen molar-refractivity contribution in [1.29, 1.82) is 0 Å². The predicted octanol–water partition coefficient (Wildman–Crippen LogP) is 5.12. The third kappa shape index (κ3) is 3.44. The van der Waals surface area contributed by atoms with E-state index in [0.29, 0.717) is 16.7 Å². The quantitative estimate of drug-likeness (QED) is 0.511. The van der Waals surface area contributed by atoms with Gasteiger partial charge in [-0.15, -0.1) is 0 Å². The fraction of sp³-hybridized carbons (Fsp3) is 0.0833. The summed E-state index contributed by atoms with van der Waals surface area (Å²) >= 11 is 0. The first-order valence-corrected chi connectivity index (χ1v) is 9.10. The topological polar surface area (TPSA) is 34.9 Å². The van der Waals surface area contributed by atoms with Crippen molar-refractivity contribution >= 4 is 23.1 Å². The average molecular weight is 352 g/mol. The Morgan fingerprint density at radius 2 is 1.56 bits per heavy atom. The molecule has 4 rings (SSSR count). The van der Waals surface area contributed by atoms with Crippen molar-refractivity contribution in [2.75, 3.05) is 0 Å². The first-order chi connectivity index (χ1) is 13.3. The van der Waals surface area contributed by atoms with Gasteiger partial charge in [-0.1, -0.05) is 67.6 Å². The zero-order valence-corrected chi connectivity index (χ0v) is 15.2. The molecular weight excluding hydrogens is 332 g/mol. The Hall–Kier alpha value is -3.46. The summed E-state index contributed by atoms with van der Waals surface area (Å²) in [7, 11) is 0. The van der Waals surface area contributed by atoms with Crippen molar-refractivity contribution in [2.45, 2.75) is 13.3 Å². The largest absolute Gasteiger partial charge is 0.268 e. The molecule has 0 aliphatic rings. The van der Waals surface area contributed by atoms with E-state index in [1.807, 2.05) is 66.7 Å². The highest BCUT2D eigenvalue weighted by Crippen LogP contribution is 2.15. The number of fused-ring (bicyclic) bond motifs is 1. The number of benzene rings is 3. The normalized spacial score (nSPS) is 11.3. The summed E-state index contributed by atoms with van der Waals surface area (Å²) in [5.74, 6) is 0.615. The molecule has 0 spiro atoms. The maximum absolute atomic E-state index is 13.1. The lowest BCUT2D eigenvalue weighted by Gasteiger charge is -2.11.